The first kappa shape index (κ1) is 17.1. The van der Waals surface area contributed by atoms with Crippen molar-refractivity contribution in [3.63, 3.8) is 0 Å². The molecule has 7 nitrogen and oxygen atoms in total. The first-order valence-electron chi connectivity index (χ1n) is 8.88. The number of nitrogens with one attached hydrogen (secondary N) is 1. The van der Waals surface area contributed by atoms with Gasteiger partial charge in [0.25, 0.3) is 0 Å². The number of rotatable bonds is 4. The predicted molar refractivity (Wildman–Crippen MR) is 102 cm³/mol. The topological polar surface area (TPSA) is 84.5 Å². The number of hydrogen-bond donors (Lipinski definition) is 1. The Morgan fingerprint density at radius 2 is 1.96 bits per heavy atom. The molecule has 2 aromatic carbocycles. The molecular formula is C20H19N3O4. The Hall–Kier alpha value is -3.35. The predicted octanol–water partition coefficient (Wildman–Crippen LogP) is 2.53. The molecule has 138 valence electrons. The molecule has 3 aromatic rings. The van der Waals surface area contributed by atoms with Crippen molar-refractivity contribution in [1.29, 1.82) is 0 Å². The minimum atomic E-state index is -0.561. The highest BCUT2D eigenvalue weighted by Crippen LogP contribution is 2.30. The molecule has 0 saturated carbocycles. The lowest BCUT2D eigenvalue weighted by Crippen LogP contribution is -2.34. The minimum Gasteiger partial charge on any atom is -0.408 e. The van der Waals surface area contributed by atoms with Crippen molar-refractivity contribution in [3.8, 4) is 0 Å². The van der Waals surface area contributed by atoms with E-state index in [2.05, 4.69) is 5.32 Å². The molecule has 0 unspecified atom stereocenters. The Morgan fingerprint density at radius 3 is 2.78 bits per heavy atom. The summed E-state index contributed by atoms with van der Waals surface area (Å²) in [5, 5.41) is 2.82. The maximum Gasteiger partial charge on any atom is 0.420 e. The summed E-state index contributed by atoms with van der Waals surface area (Å²) >= 11 is 0. The van der Waals surface area contributed by atoms with Gasteiger partial charge >= 0.3 is 5.76 Å². The van der Waals surface area contributed by atoms with Crippen molar-refractivity contribution < 1.29 is 14.0 Å². The van der Waals surface area contributed by atoms with Crippen LogP contribution in [0, 0.1) is 0 Å². The van der Waals surface area contributed by atoms with Gasteiger partial charge in [0.15, 0.2) is 5.58 Å². The van der Waals surface area contributed by atoms with Gasteiger partial charge in [-0.3, -0.25) is 14.2 Å². The Balaban J connectivity index is 1.54. The third-order valence-corrected chi connectivity index (χ3v) is 4.75. The fourth-order valence-electron chi connectivity index (χ4n) is 3.49. The summed E-state index contributed by atoms with van der Waals surface area (Å²) < 4.78 is 6.45. The summed E-state index contributed by atoms with van der Waals surface area (Å²) in [5.74, 6) is -0.760. The van der Waals surface area contributed by atoms with Crippen molar-refractivity contribution in [1.82, 2.24) is 4.57 Å². The van der Waals surface area contributed by atoms with Gasteiger partial charge in [-0.05, 0) is 49.2 Å². The molecule has 0 fully saturated rings. The standard InChI is InChI=1S/C20H19N3O4/c1-2-22-15-9-8-14(11-13(15)7-10-19(22)25)21-18(24)12-23-16-5-3-4-6-17(16)27-20(23)26/h3-6,8-9,11H,2,7,10,12H2,1H3,(H,21,24). The third kappa shape index (κ3) is 3.12. The number of carbonyl (C=O) groups excluding carboxylic acids is 2. The van der Waals surface area contributed by atoms with Crippen molar-refractivity contribution in [2.24, 2.45) is 0 Å². The van der Waals surface area contributed by atoms with E-state index in [-0.39, 0.29) is 18.4 Å². The number of oxazole rings is 1. The number of anilines is 2. The molecule has 0 spiro atoms. The van der Waals surface area contributed by atoms with E-state index >= 15 is 0 Å². The molecule has 0 radical (unpaired) electrons. The van der Waals surface area contributed by atoms with Crippen LogP contribution in [0.4, 0.5) is 11.4 Å². The second-order valence-corrected chi connectivity index (χ2v) is 6.45. The highest BCUT2D eigenvalue weighted by Gasteiger charge is 2.23. The number of benzene rings is 2. The number of amides is 2. The normalized spacial score (nSPS) is 13.7. The van der Waals surface area contributed by atoms with E-state index in [0.29, 0.717) is 36.2 Å². The average Bonchev–Trinajstić information content (AvgIpc) is 2.97. The van der Waals surface area contributed by atoms with Gasteiger partial charge in [-0.1, -0.05) is 12.1 Å². The smallest absolute Gasteiger partial charge is 0.408 e. The summed E-state index contributed by atoms with van der Waals surface area (Å²) in [6.45, 7) is 2.43. The molecule has 0 bridgehead atoms. The second-order valence-electron chi connectivity index (χ2n) is 6.45. The maximum absolute atomic E-state index is 12.4. The fraction of sp³-hybridized carbons (Fsp3) is 0.250. The van der Waals surface area contributed by atoms with Crippen LogP contribution in [0.3, 0.4) is 0 Å². The van der Waals surface area contributed by atoms with Gasteiger partial charge in [0.05, 0.1) is 5.52 Å². The van der Waals surface area contributed by atoms with Gasteiger partial charge in [0.2, 0.25) is 11.8 Å². The number of aromatic nitrogens is 1. The molecule has 1 N–H and O–H groups in total. The second kappa shape index (κ2) is 6.75. The zero-order valence-electron chi connectivity index (χ0n) is 14.9. The van der Waals surface area contributed by atoms with Crippen molar-refractivity contribution in [2.45, 2.75) is 26.3 Å². The lowest BCUT2D eigenvalue weighted by molar-refractivity contribution is -0.119. The number of fused-ring (bicyclic) bond motifs is 2. The largest absolute Gasteiger partial charge is 0.420 e. The summed E-state index contributed by atoms with van der Waals surface area (Å²) in [4.78, 5) is 38.2. The fourth-order valence-corrected chi connectivity index (χ4v) is 3.49. The summed E-state index contributed by atoms with van der Waals surface area (Å²) in [6.07, 6.45) is 1.12. The Labute approximate surface area is 155 Å². The number of aryl methyl sites for hydroxylation is 1. The highest BCUT2D eigenvalue weighted by atomic mass is 16.4. The van der Waals surface area contributed by atoms with E-state index in [1.165, 1.54) is 4.57 Å². The summed E-state index contributed by atoms with van der Waals surface area (Å²) in [6, 6.07) is 12.5. The van der Waals surface area contributed by atoms with Crippen LogP contribution in [0.15, 0.2) is 51.7 Å². The van der Waals surface area contributed by atoms with Gasteiger partial charge in [0, 0.05) is 24.3 Å². The van der Waals surface area contributed by atoms with E-state index in [1.807, 2.05) is 19.1 Å². The van der Waals surface area contributed by atoms with Crippen LogP contribution in [-0.4, -0.2) is 22.9 Å². The number of para-hydroxylation sites is 2. The molecule has 27 heavy (non-hydrogen) atoms. The molecule has 7 heteroatoms. The van der Waals surface area contributed by atoms with E-state index < -0.39 is 5.76 Å². The third-order valence-electron chi connectivity index (χ3n) is 4.75. The van der Waals surface area contributed by atoms with Crippen LogP contribution >= 0.6 is 0 Å². The van der Waals surface area contributed by atoms with Crippen LogP contribution in [-0.2, 0) is 22.6 Å². The summed E-state index contributed by atoms with van der Waals surface area (Å²) in [5.41, 5.74) is 3.60. The number of carbonyl (C=O) groups is 2. The van der Waals surface area contributed by atoms with Crippen molar-refractivity contribution >= 4 is 34.3 Å². The molecule has 2 heterocycles. The lowest BCUT2D eigenvalue weighted by Gasteiger charge is -2.28. The van der Waals surface area contributed by atoms with Crippen LogP contribution < -0.4 is 16.0 Å². The van der Waals surface area contributed by atoms with Gasteiger partial charge in [-0.2, -0.15) is 0 Å². The molecule has 0 atom stereocenters. The van der Waals surface area contributed by atoms with Gasteiger partial charge < -0.3 is 14.6 Å². The molecule has 1 aliphatic heterocycles. The quantitative estimate of drug-likeness (QED) is 0.770. The highest BCUT2D eigenvalue weighted by molar-refractivity contribution is 5.97. The van der Waals surface area contributed by atoms with Gasteiger partial charge in [-0.25, -0.2) is 4.79 Å². The van der Waals surface area contributed by atoms with Gasteiger partial charge in [0.1, 0.15) is 6.54 Å². The Kier molecular flexibility index (Phi) is 4.27. The SMILES string of the molecule is CCN1C(=O)CCc2cc(NC(=O)Cn3c(=O)oc4ccccc43)ccc21. The number of nitrogens with zero attached hydrogens (tertiary/aromatic N) is 2. The summed E-state index contributed by atoms with van der Waals surface area (Å²) in [7, 11) is 0. The van der Waals surface area contributed by atoms with Gasteiger partial charge in [-0.15, -0.1) is 0 Å². The van der Waals surface area contributed by atoms with E-state index in [1.54, 1.807) is 35.2 Å². The van der Waals surface area contributed by atoms with Crippen LogP contribution in [0.5, 0.6) is 0 Å². The molecule has 0 saturated heterocycles. The monoisotopic (exact) mass is 365 g/mol. The number of hydrogen-bond acceptors (Lipinski definition) is 4. The maximum atomic E-state index is 12.4. The molecular weight excluding hydrogens is 346 g/mol. The first-order chi connectivity index (χ1) is 13.1. The Morgan fingerprint density at radius 1 is 1.15 bits per heavy atom. The zero-order chi connectivity index (χ0) is 19.0. The van der Waals surface area contributed by atoms with Crippen LogP contribution in [0.25, 0.3) is 11.1 Å². The molecule has 1 aromatic heterocycles. The average molecular weight is 365 g/mol. The Bertz CT molecular complexity index is 1100. The zero-order valence-corrected chi connectivity index (χ0v) is 14.9. The molecule has 4 rings (SSSR count). The first-order valence-corrected chi connectivity index (χ1v) is 8.88. The van der Waals surface area contributed by atoms with E-state index in [9.17, 15) is 14.4 Å². The lowest BCUT2D eigenvalue weighted by atomic mass is 10.0. The molecule has 1 aliphatic rings. The van der Waals surface area contributed by atoms with E-state index in [0.717, 1.165) is 11.3 Å². The molecule has 2 amide bonds. The molecule has 0 aliphatic carbocycles. The van der Waals surface area contributed by atoms with Crippen LogP contribution in [0.2, 0.25) is 0 Å². The minimum absolute atomic E-state index is 0.119. The van der Waals surface area contributed by atoms with Crippen LogP contribution in [0.1, 0.15) is 18.9 Å². The van der Waals surface area contributed by atoms with Crippen molar-refractivity contribution in [3.05, 3.63) is 58.6 Å². The van der Waals surface area contributed by atoms with E-state index in [4.69, 9.17) is 4.42 Å². The van der Waals surface area contributed by atoms with Crippen molar-refractivity contribution in [2.75, 3.05) is 16.8 Å².